The summed E-state index contributed by atoms with van der Waals surface area (Å²) < 4.78 is 5.37. The van der Waals surface area contributed by atoms with Crippen LogP contribution in [-0.4, -0.2) is 19.8 Å². The Hall–Kier alpha value is -1.28. The zero-order chi connectivity index (χ0) is 10.9. The molecule has 1 aromatic rings. The summed E-state index contributed by atoms with van der Waals surface area (Å²) in [6.45, 7) is 6.36. The van der Waals surface area contributed by atoms with Crippen molar-refractivity contribution in [2.24, 2.45) is 0 Å². The van der Waals surface area contributed by atoms with E-state index < -0.39 is 0 Å². The first kappa shape index (κ1) is 11.8. The molecule has 0 atom stereocenters. The summed E-state index contributed by atoms with van der Waals surface area (Å²) in [4.78, 5) is 0. The first-order valence-electron chi connectivity index (χ1n) is 5.32. The molecule has 0 aliphatic heterocycles. The molecule has 15 heavy (non-hydrogen) atoms. The maximum absolute atomic E-state index is 5.37. The lowest BCUT2D eigenvalue weighted by molar-refractivity contribution is 0.173. The van der Waals surface area contributed by atoms with Crippen LogP contribution in [0.1, 0.15) is 12.5 Å². The van der Waals surface area contributed by atoms with E-state index in [4.69, 9.17) is 4.74 Å². The summed E-state index contributed by atoms with van der Waals surface area (Å²) in [7, 11) is 0. The number of aryl methyl sites for hydroxylation is 1. The lowest BCUT2D eigenvalue weighted by atomic mass is 10.2. The van der Waals surface area contributed by atoms with Crippen molar-refractivity contribution in [3.05, 3.63) is 42.0 Å². The third-order valence-electron chi connectivity index (χ3n) is 2.08. The second-order valence-electron chi connectivity index (χ2n) is 3.44. The molecule has 1 rings (SSSR count). The molecule has 0 aromatic heterocycles. The third-order valence-corrected chi connectivity index (χ3v) is 2.08. The van der Waals surface area contributed by atoms with Gasteiger partial charge in [-0.1, -0.05) is 29.8 Å². The lowest BCUT2D eigenvalue weighted by Gasteiger charge is -2.06. The maximum Gasteiger partial charge on any atom is 0.0648 e. The molecule has 0 amide bonds. The van der Waals surface area contributed by atoms with Crippen LogP contribution in [0.3, 0.4) is 0 Å². The summed E-state index contributed by atoms with van der Waals surface area (Å²) in [5, 5.41) is 3.30. The zero-order valence-electron chi connectivity index (χ0n) is 9.49. The zero-order valence-corrected chi connectivity index (χ0v) is 9.49. The Kier molecular flexibility index (Phi) is 5.56. The monoisotopic (exact) mass is 205 g/mol. The molecule has 0 saturated carbocycles. The Morgan fingerprint density at radius 2 is 2.00 bits per heavy atom. The fourth-order valence-corrected chi connectivity index (χ4v) is 1.19. The van der Waals surface area contributed by atoms with E-state index in [1.54, 1.807) is 0 Å². The first-order valence-corrected chi connectivity index (χ1v) is 5.32. The van der Waals surface area contributed by atoms with E-state index >= 15 is 0 Å². The van der Waals surface area contributed by atoms with Crippen molar-refractivity contribution in [1.29, 1.82) is 0 Å². The van der Waals surface area contributed by atoms with Crippen LogP contribution in [0, 0.1) is 6.92 Å². The highest BCUT2D eigenvalue weighted by Crippen LogP contribution is 2.07. The summed E-state index contributed by atoms with van der Waals surface area (Å²) >= 11 is 0. The number of anilines is 1. The average molecular weight is 205 g/mol. The van der Waals surface area contributed by atoms with Gasteiger partial charge in [0.1, 0.15) is 0 Å². The molecule has 0 spiro atoms. The molecule has 0 heterocycles. The predicted molar refractivity (Wildman–Crippen MR) is 65.3 cm³/mol. The molecule has 0 radical (unpaired) electrons. The van der Waals surface area contributed by atoms with Gasteiger partial charge in [0, 0.05) is 12.2 Å². The smallest absolute Gasteiger partial charge is 0.0648 e. The van der Waals surface area contributed by atoms with Crippen molar-refractivity contribution < 1.29 is 4.74 Å². The van der Waals surface area contributed by atoms with E-state index in [1.165, 1.54) is 5.56 Å². The minimum absolute atomic E-state index is 0.700. The Labute approximate surface area is 92.0 Å². The summed E-state index contributed by atoms with van der Waals surface area (Å²) in [5.74, 6) is 0. The van der Waals surface area contributed by atoms with Crippen LogP contribution in [0.5, 0.6) is 0 Å². The van der Waals surface area contributed by atoms with Crippen molar-refractivity contribution in [2.75, 3.05) is 25.1 Å². The molecule has 0 unspecified atom stereocenters. The first-order chi connectivity index (χ1) is 7.33. The maximum atomic E-state index is 5.37. The van der Waals surface area contributed by atoms with Crippen LogP contribution in [0.25, 0.3) is 0 Å². The normalized spacial score (nSPS) is 10.8. The van der Waals surface area contributed by atoms with Gasteiger partial charge >= 0.3 is 0 Å². The van der Waals surface area contributed by atoms with E-state index in [0.717, 1.165) is 18.8 Å². The molecule has 1 aromatic carbocycles. The fourth-order valence-electron chi connectivity index (χ4n) is 1.19. The number of nitrogens with one attached hydrogen (secondary N) is 1. The number of allylic oxidation sites excluding steroid dienone is 1. The van der Waals surface area contributed by atoms with Gasteiger partial charge in [-0.3, -0.25) is 0 Å². The van der Waals surface area contributed by atoms with Crippen molar-refractivity contribution in [3.8, 4) is 0 Å². The van der Waals surface area contributed by atoms with E-state index in [0.29, 0.717) is 6.61 Å². The molecule has 2 nitrogen and oxygen atoms in total. The number of ether oxygens (including phenoxy) is 1. The Morgan fingerprint density at radius 1 is 1.27 bits per heavy atom. The number of benzene rings is 1. The van der Waals surface area contributed by atoms with Crippen molar-refractivity contribution >= 4 is 5.69 Å². The molecule has 0 saturated heterocycles. The molecule has 0 aliphatic rings. The Balaban J connectivity index is 2.12. The van der Waals surface area contributed by atoms with E-state index in [1.807, 2.05) is 19.1 Å². The molecule has 0 bridgehead atoms. The van der Waals surface area contributed by atoms with Crippen LogP contribution < -0.4 is 5.32 Å². The van der Waals surface area contributed by atoms with Gasteiger partial charge in [0.15, 0.2) is 0 Å². The molecular formula is C13H19NO. The van der Waals surface area contributed by atoms with Crippen LogP contribution in [0.2, 0.25) is 0 Å². The Bertz CT molecular complexity index is 290. The van der Waals surface area contributed by atoms with E-state index in [-0.39, 0.29) is 0 Å². The second-order valence-corrected chi connectivity index (χ2v) is 3.44. The summed E-state index contributed by atoms with van der Waals surface area (Å²) in [6, 6.07) is 8.37. The number of hydrogen-bond acceptors (Lipinski definition) is 2. The van der Waals surface area contributed by atoms with Crippen LogP contribution in [-0.2, 0) is 4.74 Å². The van der Waals surface area contributed by atoms with E-state index in [2.05, 4.69) is 36.5 Å². The van der Waals surface area contributed by atoms with Crippen LogP contribution >= 0.6 is 0 Å². The topological polar surface area (TPSA) is 21.3 Å². The van der Waals surface area contributed by atoms with Gasteiger partial charge in [0.2, 0.25) is 0 Å². The van der Waals surface area contributed by atoms with Crippen molar-refractivity contribution in [3.63, 3.8) is 0 Å². The van der Waals surface area contributed by atoms with Gasteiger partial charge in [-0.25, -0.2) is 0 Å². The largest absolute Gasteiger partial charge is 0.383 e. The SMILES string of the molecule is CC=CCOCCNc1ccc(C)cc1. The van der Waals surface area contributed by atoms with Gasteiger partial charge < -0.3 is 10.1 Å². The fraction of sp³-hybridized carbons (Fsp3) is 0.385. The van der Waals surface area contributed by atoms with E-state index in [9.17, 15) is 0 Å². The van der Waals surface area contributed by atoms with Gasteiger partial charge in [-0.05, 0) is 26.0 Å². The summed E-state index contributed by atoms with van der Waals surface area (Å²) in [6.07, 6.45) is 4.00. The standard InChI is InChI=1S/C13H19NO/c1-3-4-10-15-11-9-14-13-7-5-12(2)6-8-13/h3-8,14H,9-11H2,1-2H3. The lowest BCUT2D eigenvalue weighted by Crippen LogP contribution is -2.09. The highest BCUT2D eigenvalue weighted by molar-refractivity contribution is 5.44. The highest BCUT2D eigenvalue weighted by atomic mass is 16.5. The third kappa shape index (κ3) is 5.23. The van der Waals surface area contributed by atoms with Gasteiger partial charge in [0.25, 0.3) is 0 Å². The molecule has 2 heteroatoms. The molecule has 82 valence electrons. The quantitative estimate of drug-likeness (QED) is 0.569. The van der Waals surface area contributed by atoms with Gasteiger partial charge in [0.05, 0.1) is 13.2 Å². The Morgan fingerprint density at radius 3 is 2.67 bits per heavy atom. The van der Waals surface area contributed by atoms with Crippen LogP contribution in [0.4, 0.5) is 5.69 Å². The predicted octanol–water partition coefficient (Wildman–Crippen LogP) is 3.00. The second kappa shape index (κ2) is 7.07. The van der Waals surface area contributed by atoms with Crippen LogP contribution in [0.15, 0.2) is 36.4 Å². The molecular weight excluding hydrogens is 186 g/mol. The van der Waals surface area contributed by atoms with Crippen molar-refractivity contribution in [1.82, 2.24) is 0 Å². The molecule has 1 N–H and O–H groups in total. The van der Waals surface area contributed by atoms with Gasteiger partial charge in [-0.2, -0.15) is 0 Å². The average Bonchev–Trinajstić information content (AvgIpc) is 2.26. The molecule has 0 aliphatic carbocycles. The molecule has 0 fully saturated rings. The minimum Gasteiger partial charge on any atom is -0.383 e. The van der Waals surface area contributed by atoms with Crippen molar-refractivity contribution in [2.45, 2.75) is 13.8 Å². The minimum atomic E-state index is 0.700. The highest BCUT2D eigenvalue weighted by Gasteiger charge is 1.90. The number of rotatable bonds is 6. The van der Waals surface area contributed by atoms with Gasteiger partial charge in [-0.15, -0.1) is 0 Å². The summed E-state index contributed by atoms with van der Waals surface area (Å²) in [5.41, 5.74) is 2.43. The number of hydrogen-bond donors (Lipinski definition) is 1.